The predicted octanol–water partition coefficient (Wildman–Crippen LogP) is 12.9. The molecule has 0 aromatic rings. The van der Waals surface area contributed by atoms with E-state index in [2.05, 4.69) is 92.1 Å². The molecule has 1 saturated heterocycles. The van der Waals surface area contributed by atoms with Crippen LogP contribution >= 0.6 is 0 Å². The van der Waals surface area contributed by atoms with Gasteiger partial charge in [-0.05, 0) is 64.2 Å². The van der Waals surface area contributed by atoms with Gasteiger partial charge in [-0.3, -0.25) is 4.79 Å². The van der Waals surface area contributed by atoms with Gasteiger partial charge in [0.15, 0.2) is 6.29 Å². The molecule has 1 fully saturated rings. The van der Waals surface area contributed by atoms with Crippen molar-refractivity contribution in [3.8, 4) is 0 Å². The monoisotopic (exact) mass is 928 g/mol. The number of allylic oxidation sites excluding steroid dienone is 12. The Bertz CT molecular complexity index is 1260. The van der Waals surface area contributed by atoms with Crippen LogP contribution in [-0.4, -0.2) is 87.5 Å². The van der Waals surface area contributed by atoms with Crippen LogP contribution in [0.1, 0.15) is 226 Å². The highest BCUT2D eigenvalue weighted by Gasteiger charge is 2.44. The Kier molecular flexibility index (Phi) is 43.3. The van der Waals surface area contributed by atoms with Gasteiger partial charge in [0.25, 0.3) is 0 Å². The highest BCUT2D eigenvalue weighted by Crippen LogP contribution is 2.23. The SMILES string of the molecule is CC/C=C\C/C=C\C/C=C\C/C=C\C/C=C\C/C=C\CCCCCCCCC(=O)NC(COC1OC(CO)C(O)C(O)C1O)C(O)CCCCCCCCCCCCCCCCCCCC. The van der Waals surface area contributed by atoms with Crippen LogP contribution in [-0.2, 0) is 14.3 Å². The first-order valence-electron chi connectivity index (χ1n) is 27.1. The highest BCUT2D eigenvalue weighted by atomic mass is 16.7. The molecule has 1 aliphatic heterocycles. The Morgan fingerprint density at radius 2 is 0.939 bits per heavy atom. The summed E-state index contributed by atoms with van der Waals surface area (Å²) < 4.78 is 11.3. The quantitative estimate of drug-likeness (QED) is 0.0261. The number of aliphatic hydroxyl groups excluding tert-OH is 5. The van der Waals surface area contributed by atoms with E-state index in [-0.39, 0.29) is 12.5 Å². The molecule has 66 heavy (non-hydrogen) atoms. The van der Waals surface area contributed by atoms with E-state index in [9.17, 15) is 30.3 Å². The third-order valence-electron chi connectivity index (χ3n) is 12.6. The molecule has 0 bridgehead atoms. The summed E-state index contributed by atoms with van der Waals surface area (Å²) in [6, 6.07) is -0.732. The number of hydrogen-bond acceptors (Lipinski definition) is 8. The summed E-state index contributed by atoms with van der Waals surface area (Å²) in [5.74, 6) is -0.160. The summed E-state index contributed by atoms with van der Waals surface area (Å²) >= 11 is 0. The van der Waals surface area contributed by atoms with E-state index in [0.29, 0.717) is 12.8 Å². The molecule has 6 N–H and O–H groups in total. The zero-order valence-corrected chi connectivity index (χ0v) is 42.2. The minimum atomic E-state index is -1.56. The average Bonchev–Trinajstić information content (AvgIpc) is 3.32. The first-order valence-corrected chi connectivity index (χ1v) is 27.1. The Balaban J connectivity index is 2.27. The third kappa shape index (κ3) is 35.7. The zero-order valence-electron chi connectivity index (χ0n) is 42.2. The van der Waals surface area contributed by atoms with Crippen LogP contribution in [0.5, 0.6) is 0 Å². The lowest BCUT2D eigenvalue weighted by atomic mass is 9.99. The maximum absolute atomic E-state index is 13.1. The topological polar surface area (TPSA) is 149 Å². The molecular weight excluding hydrogens is 827 g/mol. The zero-order chi connectivity index (χ0) is 48.0. The van der Waals surface area contributed by atoms with E-state index >= 15 is 0 Å². The number of ether oxygens (including phenoxy) is 2. The number of aliphatic hydroxyl groups is 5. The van der Waals surface area contributed by atoms with Crippen molar-refractivity contribution >= 4 is 5.91 Å². The lowest BCUT2D eigenvalue weighted by Crippen LogP contribution is -2.60. The normalized spacial score (nSPS) is 20.4. The molecule has 9 nitrogen and oxygen atoms in total. The number of amides is 1. The minimum Gasteiger partial charge on any atom is -0.394 e. The standard InChI is InChI=1S/C57H101NO8/c1-3-5-7-9-11-13-15-17-19-21-23-24-25-26-27-28-29-31-33-35-37-39-41-43-45-47-53(61)58-50(49-65-57-56(64)55(63)54(62)52(48-59)66-57)51(60)46-44-42-40-38-36-34-32-30-22-20-18-16-14-12-10-8-6-4-2/h5,7,11,13,17,19,23-24,26-27,29,31,50-52,54-57,59-60,62-64H,3-4,6,8-10,12,14-16,18,20-22,25,28,30,32-49H2,1-2H3,(H,58,61)/b7-5-,13-11-,19-17-,24-23-,27-26-,31-29-. The van der Waals surface area contributed by atoms with Gasteiger partial charge in [0.2, 0.25) is 5.91 Å². The van der Waals surface area contributed by atoms with Crippen LogP contribution < -0.4 is 5.32 Å². The van der Waals surface area contributed by atoms with Gasteiger partial charge in [-0.1, -0.05) is 228 Å². The van der Waals surface area contributed by atoms with Crippen LogP contribution in [0.15, 0.2) is 72.9 Å². The second kappa shape index (κ2) is 46.4. The van der Waals surface area contributed by atoms with Crippen LogP contribution in [0.3, 0.4) is 0 Å². The summed E-state index contributed by atoms with van der Waals surface area (Å²) in [5, 5.41) is 54.6. The molecule has 1 aliphatic rings. The molecule has 0 radical (unpaired) electrons. The molecule has 1 rings (SSSR count). The number of unbranched alkanes of at least 4 members (excludes halogenated alkanes) is 23. The third-order valence-corrected chi connectivity index (χ3v) is 12.6. The van der Waals surface area contributed by atoms with Gasteiger partial charge in [-0.2, -0.15) is 0 Å². The maximum Gasteiger partial charge on any atom is 0.220 e. The Morgan fingerprint density at radius 3 is 1.39 bits per heavy atom. The van der Waals surface area contributed by atoms with Crippen molar-refractivity contribution in [2.45, 2.75) is 269 Å². The molecule has 7 unspecified atom stereocenters. The van der Waals surface area contributed by atoms with Crippen molar-refractivity contribution in [1.82, 2.24) is 5.32 Å². The largest absolute Gasteiger partial charge is 0.394 e. The van der Waals surface area contributed by atoms with Crippen molar-refractivity contribution in [1.29, 1.82) is 0 Å². The molecule has 9 heteroatoms. The Morgan fingerprint density at radius 1 is 0.530 bits per heavy atom. The van der Waals surface area contributed by atoms with Gasteiger partial charge >= 0.3 is 0 Å². The highest BCUT2D eigenvalue weighted by molar-refractivity contribution is 5.76. The predicted molar refractivity (Wildman–Crippen MR) is 276 cm³/mol. The van der Waals surface area contributed by atoms with Gasteiger partial charge in [0.1, 0.15) is 24.4 Å². The van der Waals surface area contributed by atoms with Crippen molar-refractivity contribution in [2.24, 2.45) is 0 Å². The number of carbonyl (C=O) groups excluding carboxylic acids is 1. The van der Waals surface area contributed by atoms with Crippen LogP contribution in [0.2, 0.25) is 0 Å². The first kappa shape index (κ1) is 61.6. The van der Waals surface area contributed by atoms with E-state index in [4.69, 9.17) is 9.47 Å². The van der Waals surface area contributed by atoms with Gasteiger partial charge in [0, 0.05) is 6.42 Å². The molecule has 1 heterocycles. The van der Waals surface area contributed by atoms with Crippen LogP contribution in [0, 0.1) is 0 Å². The fourth-order valence-electron chi connectivity index (χ4n) is 8.28. The maximum atomic E-state index is 13.1. The molecular formula is C57H101NO8. The molecule has 0 spiro atoms. The van der Waals surface area contributed by atoms with E-state index in [1.165, 1.54) is 103 Å². The van der Waals surface area contributed by atoms with Gasteiger partial charge in [-0.25, -0.2) is 0 Å². The molecule has 0 aliphatic carbocycles. The van der Waals surface area contributed by atoms with Gasteiger partial charge in [0.05, 0.1) is 25.4 Å². The average molecular weight is 928 g/mol. The number of nitrogens with one attached hydrogen (secondary N) is 1. The molecule has 0 saturated carbocycles. The molecule has 7 atom stereocenters. The number of hydrogen-bond donors (Lipinski definition) is 6. The molecule has 382 valence electrons. The smallest absolute Gasteiger partial charge is 0.220 e. The lowest BCUT2D eigenvalue weighted by Gasteiger charge is -2.40. The summed E-state index contributed by atoms with van der Waals surface area (Å²) in [7, 11) is 0. The minimum absolute atomic E-state index is 0.147. The van der Waals surface area contributed by atoms with Gasteiger partial charge < -0.3 is 40.3 Å². The fourth-order valence-corrected chi connectivity index (χ4v) is 8.28. The van der Waals surface area contributed by atoms with E-state index in [1.807, 2.05) is 0 Å². The van der Waals surface area contributed by atoms with Crippen LogP contribution in [0.4, 0.5) is 0 Å². The first-order chi connectivity index (χ1) is 32.3. The van der Waals surface area contributed by atoms with Gasteiger partial charge in [-0.15, -0.1) is 0 Å². The summed E-state index contributed by atoms with van der Waals surface area (Å²) in [6.07, 6.45) is 56.2. The van der Waals surface area contributed by atoms with Crippen molar-refractivity contribution in [3.05, 3.63) is 72.9 Å². The lowest BCUT2D eigenvalue weighted by molar-refractivity contribution is -0.302. The number of rotatable bonds is 45. The molecule has 1 amide bonds. The van der Waals surface area contributed by atoms with E-state index in [0.717, 1.165) is 96.3 Å². The van der Waals surface area contributed by atoms with E-state index in [1.54, 1.807) is 0 Å². The second-order valence-corrected chi connectivity index (χ2v) is 18.6. The Hall–Kier alpha value is -2.37. The number of carbonyl (C=O) groups is 1. The Labute approximate surface area is 404 Å². The van der Waals surface area contributed by atoms with Crippen molar-refractivity contribution in [2.75, 3.05) is 13.2 Å². The van der Waals surface area contributed by atoms with Crippen molar-refractivity contribution in [3.63, 3.8) is 0 Å². The van der Waals surface area contributed by atoms with E-state index < -0.39 is 49.5 Å². The van der Waals surface area contributed by atoms with Crippen LogP contribution in [0.25, 0.3) is 0 Å². The van der Waals surface area contributed by atoms with Crippen molar-refractivity contribution < 1.29 is 39.8 Å². The summed E-state index contributed by atoms with van der Waals surface area (Å²) in [5.41, 5.74) is 0. The molecule has 0 aromatic heterocycles. The summed E-state index contributed by atoms with van der Waals surface area (Å²) in [4.78, 5) is 13.1. The fraction of sp³-hybridized carbons (Fsp3) is 0.772. The second-order valence-electron chi connectivity index (χ2n) is 18.6. The molecule has 0 aromatic carbocycles. The summed E-state index contributed by atoms with van der Waals surface area (Å²) in [6.45, 7) is 3.72.